The van der Waals surface area contributed by atoms with Crippen LogP contribution in [0.25, 0.3) is 0 Å². The Bertz CT molecular complexity index is 611. The van der Waals surface area contributed by atoms with Gasteiger partial charge in [0.15, 0.2) is 0 Å². The lowest BCUT2D eigenvalue weighted by Crippen LogP contribution is -2.23. The fourth-order valence-corrected chi connectivity index (χ4v) is 2.56. The number of rotatable bonds is 10. The molecule has 0 fully saturated rings. The molecule has 0 heterocycles. The Labute approximate surface area is 143 Å². The van der Waals surface area contributed by atoms with E-state index in [1.165, 1.54) is 11.1 Å². The number of hydrogen-bond donors (Lipinski definition) is 2. The van der Waals surface area contributed by atoms with Crippen LogP contribution >= 0.6 is 0 Å². The van der Waals surface area contributed by atoms with E-state index in [-0.39, 0.29) is 6.54 Å². The van der Waals surface area contributed by atoms with Gasteiger partial charge < -0.3 is 15.6 Å². The Morgan fingerprint density at radius 1 is 1.00 bits per heavy atom. The molecule has 0 aliphatic carbocycles. The van der Waals surface area contributed by atoms with Crippen LogP contribution in [0.15, 0.2) is 54.6 Å². The van der Waals surface area contributed by atoms with Gasteiger partial charge in [-0.3, -0.25) is 4.79 Å². The summed E-state index contributed by atoms with van der Waals surface area (Å²) in [5, 5.41) is 8.93. The van der Waals surface area contributed by atoms with E-state index >= 15 is 0 Å². The van der Waals surface area contributed by atoms with Gasteiger partial charge in [-0.25, -0.2) is 0 Å². The number of benzene rings is 2. The number of aliphatic carboxylic acids is 1. The van der Waals surface area contributed by atoms with E-state index in [9.17, 15) is 4.79 Å². The molecule has 2 rings (SSSR count). The predicted molar refractivity (Wildman–Crippen MR) is 95.2 cm³/mol. The van der Waals surface area contributed by atoms with Gasteiger partial charge in [0.1, 0.15) is 5.75 Å². The third-order valence-electron chi connectivity index (χ3n) is 4.02. The molecule has 0 saturated heterocycles. The molecule has 0 aromatic heterocycles. The van der Waals surface area contributed by atoms with Gasteiger partial charge in [-0.15, -0.1) is 0 Å². The van der Waals surface area contributed by atoms with Crippen molar-refractivity contribution in [1.29, 1.82) is 0 Å². The summed E-state index contributed by atoms with van der Waals surface area (Å²) in [5.74, 6) is -0.407. The highest BCUT2D eigenvalue weighted by Crippen LogP contribution is 2.16. The third kappa shape index (κ3) is 6.05. The average Bonchev–Trinajstić information content (AvgIpc) is 2.60. The number of hydrogen-bond acceptors (Lipinski definition) is 3. The first kappa shape index (κ1) is 18.0. The van der Waals surface area contributed by atoms with Gasteiger partial charge in [-0.2, -0.15) is 0 Å². The molecule has 0 unspecified atom stereocenters. The Balaban J connectivity index is 1.69. The van der Waals surface area contributed by atoms with E-state index in [2.05, 4.69) is 24.3 Å². The highest BCUT2D eigenvalue weighted by molar-refractivity contribution is 5.70. The van der Waals surface area contributed by atoms with Gasteiger partial charge in [0, 0.05) is 6.54 Å². The molecule has 128 valence electrons. The number of nitrogens with two attached hydrogens (primary N) is 1. The van der Waals surface area contributed by atoms with E-state index in [0.717, 1.165) is 25.0 Å². The Morgan fingerprint density at radius 3 is 2.29 bits per heavy atom. The van der Waals surface area contributed by atoms with Crippen LogP contribution in [0.3, 0.4) is 0 Å². The van der Waals surface area contributed by atoms with E-state index in [4.69, 9.17) is 15.6 Å². The molecule has 0 bridgehead atoms. The lowest BCUT2D eigenvalue weighted by Gasteiger charge is -2.10. The fourth-order valence-electron chi connectivity index (χ4n) is 2.56. The summed E-state index contributed by atoms with van der Waals surface area (Å²) in [6.45, 7) is 0.786. The second kappa shape index (κ2) is 9.73. The van der Waals surface area contributed by atoms with E-state index in [1.54, 1.807) is 0 Å². The zero-order valence-corrected chi connectivity index (χ0v) is 13.9. The average molecular weight is 327 g/mol. The predicted octanol–water partition coefficient (Wildman–Crippen LogP) is 3.49. The van der Waals surface area contributed by atoms with Gasteiger partial charge in [0.25, 0.3) is 0 Å². The summed E-state index contributed by atoms with van der Waals surface area (Å²) >= 11 is 0. The normalized spacial score (nSPS) is 11.9. The van der Waals surface area contributed by atoms with Crippen molar-refractivity contribution in [2.24, 2.45) is 11.7 Å². The summed E-state index contributed by atoms with van der Waals surface area (Å²) in [7, 11) is 0. The maximum absolute atomic E-state index is 10.9. The third-order valence-corrected chi connectivity index (χ3v) is 4.02. The molecule has 24 heavy (non-hydrogen) atoms. The molecule has 0 radical (unpaired) electrons. The minimum atomic E-state index is -0.813. The summed E-state index contributed by atoms with van der Waals surface area (Å²) in [5.41, 5.74) is 7.98. The summed E-state index contributed by atoms with van der Waals surface area (Å²) in [6.07, 6.45) is 3.15. The van der Waals surface area contributed by atoms with Crippen molar-refractivity contribution >= 4 is 5.97 Å². The molecule has 0 amide bonds. The molecular weight excluding hydrogens is 302 g/mol. The number of carboxylic acids is 1. The molecule has 2 aromatic rings. The van der Waals surface area contributed by atoms with Crippen LogP contribution in [0.4, 0.5) is 0 Å². The number of carboxylic acid groups (broad SMARTS) is 1. The van der Waals surface area contributed by atoms with Crippen LogP contribution < -0.4 is 10.5 Å². The van der Waals surface area contributed by atoms with Crippen molar-refractivity contribution < 1.29 is 14.6 Å². The highest BCUT2D eigenvalue weighted by atomic mass is 16.5. The van der Waals surface area contributed by atoms with Crippen LogP contribution in [0.2, 0.25) is 0 Å². The lowest BCUT2D eigenvalue weighted by atomic mass is 10.0. The lowest BCUT2D eigenvalue weighted by molar-refractivity contribution is -0.141. The SMILES string of the molecule is NC[C@H](CCCCOc1ccc(Cc2ccccc2)cc1)C(=O)O. The van der Waals surface area contributed by atoms with Crippen LogP contribution in [-0.2, 0) is 11.2 Å². The molecular formula is C20H25NO3. The van der Waals surface area contributed by atoms with E-state index in [1.807, 2.05) is 30.3 Å². The first-order valence-corrected chi connectivity index (χ1v) is 8.37. The molecule has 1 atom stereocenters. The largest absolute Gasteiger partial charge is 0.494 e. The van der Waals surface area contributed by atoms with Gasteiger partial charge in [0.2, 0.25) is 0 Å². The second-order valence-electron chi connectivity index (χ2n) is 5.92. The Hall–Kier alpha value is -2.33. The number of ether oxygens (including phenoxy) is 1. The van der Waals surface area contributed by atoms with Crippen molar-refractivity contribution in [1.82, 2.24) is 0 Å². The van der Waals surface area contributed by atoms with Crippen molar-refractivity contribution in [3.8, 4) is 5.75 Å². The minimum Gasteiger partial charge on any atom is -0.494 e. The summed E-state index contributed by atoms with van der Waals surface area (Å²) in [4.78, 5) is 10.9. The van der Waals surface area contributed by atoms with Crippen molar-refractivity contribution in [2.45, 2.75) is 25.7 Å². The van der Waals surface area contributed by atoms with Gasteiger partial charge >= 0.3 is 5.97 Å². The molecule has 0 saturated carbocycles. The highest BCUT2D eigenvalue weighted by Gasteiger charge is 2.14. The topological polar surface area (TPSA) is 72.5 Å². The smallest absolute Gasteiger partial charge is 0.307 e. The first-order valence-electron chi connectivity index (χ1n) is 8.37. The monoisotopic (exact) mass is 327 g/mol. The van der Waals surface area contributed by atoms with Crippen LogP contribution in [-0.4, -0.2) is 24.2 Å². The quantitative estimate of drug-likeness (QED) is 0.655. The van der Waals surface area contributed by atoms with Crippen molar-refractivity contribution in [2.75, 3.05) is 13.2 Å². The zero-order valence-electron chi connectivity index (χ0n) is 13.9. The van der Waals surface area contributed by atoms with Crippen molar-refractivity contribution in [3.63, 3.8) is 0 Å². The van der Waals surface area contributed by atoms with Gasteiger partial charge in [0.05, 0.1) is 12.5 Å². The Morgan fingerprint density at radius 2 is 1.67 bits per heavy atom. The number of unbranched alkanes of at least 4 members (excludes halogenated alkanes) is 1. The summed E-state index contributed by atoms with van der Waals surface area (Å²) in [6, 6.07) is 18.5. The summed E-state index contributed by atoms with van der Waals surface area (Å²) < 4.78 is 5.71. The van der Waals surface area contributed by atoms with Gasteiger partial charge in [-0.05, 0) is 48.9 Å². The van der Waals surface area contributed by atoms with Crippen LogP contribution in [0, 0.1) is 5.92 Å². The molecule has 0 spiro atoms. The van der Waals surface area contributed by atoms with E-state index in [0.29, 0.717) is 13.0 Å². The second-order valence-corrected chi connectivity index (χ2v) is 5.92. The van der Waals surface area contributed by atoms with Gasteiger partial charge in [-0.1, -0.05) is 42.5 Å². The maximum atomic E-state index is 10.9. The Kier molecular flexibility index (Phi) is 7.30. The van der Waals surface area contributed by atoms with Crippen LogP contribution in [0.5, 0.6) is 5.75 Å². The molecule has 4 heteroatoms. The number of carbonyl (C=O) groups is 1. The minimum absolute atomic E-state index is 0.194. The molecule has 0 aliphatic heterocycles. The fraction of sp³-hybridized carbons (Fsp3) is 0.350. The standard InChI is InChI=1S/C20H25NO3/c21-15-18(20(22)23)8-4-5-13-24-19-11-9-17(10-12-19)14-16-6-2-1-3-7-16/h1-3,6-7,9-12,18H,4-5,8,13-15,21H2,(H,22,23)/t18-/m0/s1. The zero-order chi connectivity index (χ0) is 17.2. The molecule has 2 aromatic carbocycles. The first-order chi connectivity index (χ1) is 11.7. The molecule has 4 nitrogen and oxygen atoms in total. The van der Waals surface area contributed by atoms with Crippen molar-refractivity contribution in [3.05, 3.63) is 65.7 Å². The van der Waals surface area contributed by atoms with Crippen LogP contribution in [0.1, 0.15) is 30.4 Å². The maximum Gasteiger partial charge on any atom is 0.307 e. The molecule has 0 aliphatic rings. The van der Waals surface area contributed by atoms with E-state index < -0.39 is 11.9 Å². The molecule has 3 N–H and O–H groups in total.